The topological polar surface area (TPSA) is 41.3 Å². The van der Waals surface area contributed by atoms with Crippen molar-refractivity contribution in [1.82, 2.24) is 10.2 Å². The lowest BCUT2D eigenvalue weighted by Gasteiger charge is -2.45. The fourth-order valence-corrected chi connectivity index (χ4v) is 2.44. The summed E-state index contributed by atoms with van der Waals surface area (Å²) in [6, 6.07) is 0. The van der Waals surface area contributed by atoms with Gasteiger partial charge in [-0.2, -0.15) is 0 Å². The van der Waals surface area contributed by atoms with Crippen molar-refractivity contribution in [3.05, 3.63) is 0 Å². The van der Waals surface area contributed by atoms with Crippen molar-refractivity contribution in [2.75, 3.05) is 32.7 Å². The first-order chi connectivity index (χ1) is 6.29. The van der Waals surface area contributed by atoms with E-state index < -0.39 is 0 Å². The number of nitrogens with zero attached hydrogens (tertiary/aromatic N) is 1. The Balaban J connectivity index is 2.64. The molecule has 3 nitrogen and oxygen atoms in total. The normalized spacial score (nSPS) is 22.2. The lowest BCUT2D eigenvalue weighted by Crippen LogP contribution is -2.58. The predicted molar refractivity (Wildman–Crippen MR) is 56.8 cm³/mol. The molecule has 0 aromatic heterocycles. The van der Waals surface area contributed by atoms with Crippen LogP contribution in [0.5, 0.6) is 0 Å². The number of nitrogens with two attached hydrogens (primary N) is 1. The molecule has 0 bridgehead atoms. The van der Waals surface area contributed by atoms with Crippen LogP contribution >= 0.6 is 0 Å². The van der Waals surface area contributed by atoms with Crippen LogP contribution in [0.15, 0.2) is 0 Å². The molecule has 1 rings (SSSR count). The lowest BCUT2D eigenvalue weighted by molar-refractivity contribution is 0.0736. The van der Waals surface area contributed by atoms with E-state index in [0.717, 1.165) is 32.7 Å². The third-order valence-electron chi connectivity index (χ3n) is 3.35. The summed E-state index contributed by atoms with van der Waals surface area (Å²) in [5.74, 6) is 0. The Kier molecular flexibility index (Phi) is 4.16. The third kappa shape index (κ3) is 2.22. The first kappa shape index (κ1) is 11.0. The van der Waals surface area contributed by atoms with Crippen molar-refractivity contribution in [1.29, 1.82) is 0 Å². The van der Waals surface area contributed by atoms with Gasteiger partial charge in [0.15, 0.2) is 0 Å². The first-order valence-electron chi connectivity index (χ1n) is 5.45. The molecule has 0 saturated carbocycles. The van der Waals surface area contributed by atoms with E-state index in [1.807, 2.05) is 0 Å². The van der Waals surface area contributed by atoms with Gasteiger partial charge in [-0.25, -0.2) is 0 Å². The number of rotatable bonds is 4. The summed E-state index contributed by atoms with van der Waals surface area (Å²) in [6.07, 6.45) is 2.40. The molecule has 0 radical (unpaired) electrons. The molecular formula is C10H23N3. The Hall–Kier alpha value is -0.120. The van der Waals surface area contributed by atoms with E-state index in [2.05, 4.69) is 24.1 Å². The maximum absolute atomic E-state index is 5.92. The molecule has 1 aliphatic rings. The summed E-state index contributed by atoms with van der Waals surface area (Å²) in [4.78, 5) is 2.52. The first-order valence-corrected chi connectivity index (χ1v) is 5.45. The molecule has 78 valence electrons. The standard InChI is InChI=1S/C10H23N3/c1-3-13(4-2)10(9-11)5-7-12-8-6-10/h12H,3-9,11H2,1-2H3. The molecule has 0 spiro atoms. The van der Waals surface area contributed by atoms with Gasteiger partial charge in [0.2, 0.25) is 0 Å². The van der Waals surface area contributed by atoms with Gasteiger partial charge in [0, 0.05) is 12.1 Å². The molecule has 0 amide bonds. The number of likely N-dealkylation sites (N-methyl/N-ethyl adjacent to an activating group) is 1. The minimum Gasteiger partial charge on any atom is -0.329 e. The molecule has 0 unspecified atom stereocenters. The monoisotopic (exact) mass is 185 g/mol. The van der Waals surface area contributed by atoms with E-state index in [0.29, 0.717) is 0 Å². The predicted octanol–water partition coefficient (Wildman–Crippen LogP) is 0.409. The van der Waals surface area contributed by atoms with Gasteiger partial charge in [-0.05, 0) is 39.0 Å². The zero-order valence-electron chi connectivity index (χ0n) is 8.97. The Labute approximate surface area is 81.7 Å². The summed E-state index contributed by atoms with van der Waals surface area (Å²) in [7, 11) is 0. The lowest BCUT2D eigenvalue weighted by atomic mass is 9.86. The van der Waals surface area contributed by atoms with Crippen molar-refractivity contribution < 1.29 is 0 Å². The summed E-state index contributed by atoms with van der Waals surface area (Å²) < 4.78 is 0. The average molecular weight is 185 g/mol. The van der Waals surface area contributed by atoms with E-state index in [1.54, 1.807) is 0 Å². The van der Waals surface area contributed by atoms with Crippen LogP contribution in [0.3, 0.4) is 0 Å². The minimum atomic E-state index is 0.286. The summed E-state index contributed by atoms with van der Waals surface area (Å²) in [5, 5.41) is 3.39. The third-order valence-corrected chi connectivity index (χ3v) is 3.35. The van der Waals surface area contributed by atoms with Gasteiger partial charge in [0.1, 0.15) is 0 Å². The molecule has 0 aromatic carbocycles. The molecule has 13 heavy (non-hydrogen) atoms. The number of piperidine rings is 1. The van der Waals surface area contributed by atoms with Crippen molar-refractivity contribution in [2.24, 2.45) is 5.73 Å². The Morgan fingerprint density at radius 1 is 1.23 bits per heavy atom. The van der Waals surface area contributed by atoms with E-state index >= 15 is 0 Å². The quantitative estimate of drug-likeness (QED) is 0.666. The molecule has 0 aliphatic carbocycles. The summed E-state index contributed by atoms with van der Waals surface area (Å²) in [6.45, 7) is 9.73. The fraction of sp³-hybridized carbons (Fsp3) is 1.00. The van der Waals surface area contributed by atoms with Crippen molar-refractivity contribution in [2.45, 2.75) is 32.2 Å². The summed E-state index contributed by atoms with van der Waals surface area (Å²) >= 11 is 0. The molecule has 1 aliphatic heterocycles. The maximum Gasteiger partial charge on any atom is 0.0355 e. The van der Waals surface area contributed by atoms with Crippen LogP contribution in [0.25, 0.3) is 0 Å². The highest BCUT2D eigenvalue weighted by Gasteiger charge is 2.34. The van der Waals surface area contributed by atoms with Gasteiger partial charge in [-0.3, -0.25) is 4.90 Å². The second-order valence-electron chi connectivity index (χ2n) is 3.85. The van der Waals surface area contributed by atoms with Crippen LogP contribution in [0, 0.1) is 0 Å². The van der Waals surface area contributed by atoms with Crippen LogP contribution in [0.4, 0.5) is 0 Å². The van der Waals surface area contributed by atoms with Gasteiger partial charge in [0.05, 0.1) is 0 Å². The molecule has 3 N–H and O–H groups in total. The molecule has 0 aromatic rings. The van der Waals surface area contributed by atoms with Gasteiger partial charge in [-0.1, -0.05) is 13.8 Å². The summed E-state index contributed by atoms with van der Waals surface area (Å²) in [5.41, 5.74) is 6.21. The van der Waals surface area contributed by atoms with Gasteiger partial charge < -0.3 is 11.1 Å². The van der Waals surface area contributed by atoms with Crippen molar-refractivity contribution in [3.63, 3.8) is 0 Å². The van der Waals surface area contributed by atoms with Crippen LogP contribution in [-0.4, -0.2) is 43.2 Å². The van der Waals surface area contributed by atoms with Crippen LogP contribution in [0.1, 0.15) is 26.7 Å². The van der Waals surface area contributed by atoms with Crippen molar-refractivity contribution >= 4 is 0 Å². The van der Waals surface area contributed by atoms with E-state index in [4.69, 9.17) is 5.73 Å². The van der Waals surface area contributed by atoms with Gasteiger partial charge in [0.25, 0.3) is 0 Å². The van der Waals surface area contributed by atoms with E-state index in [9.17, 15) is 0 Å². The highest BCUT2D eigenvalue weighted by atomic mass is 15.2. The molecule has 1 heterocycles. The largest absolute Gasteiger partial charge is 0.329 e. The van der Waals surface area contributed by atoms with Gasteiger partial charge >= 0.3 is 0 Å². The molecular weight excluding hydrogens is 162 g/mol. The van der Waals surface area contributed by atoms with Crippen LogP contribution in [0.2, 0.25) is 0 Å². The van der Waals surface area contributed by atoms with Gasteiger partial charge in [-0.15, -0.1) is 0 Å². The van der Waals surface area contributed by atoms with E-state index in [1.165, 1.54) is 12.8 Å². The van der Waals surface area contributed by atoms with E-state index in [-0.39, 0.29) is 5.54 Å². The maximum atomic E-state index is 5.92. The van der Waals surface area contributed by atoms with Crippen LogP contribution in [-0.2, 0) is 0 Å². The van der Waals surface area contributed by atoms with Crippen LogP contribution < -0.4 is 11.1 Å². The number of hydrogen-bond acceptors (Lipinski definition) is 3. The Bertz CT molecular complexity index is 137. The zero-order valence-corrected chi connectivity index (χ0v) is 8.97. The number of nitrogens with one attached hydrogen (secondary N) is 1. The fourth-order valence-electron chi connectivity index (χ4n) is 2.44. The second-order valence-corrected chi connectivity index (χ2v) is 3.85. The van der Waals surface area contributed by atoms with Crippen molar-refractivity contribution in [3.8, 4) is 0 Å². The average Bonchev–Trinajstić information content (AvgIpc) is 2.21. The smallest absolute Gasteiger partial charge is 0.0355 e. The second kappa shape index (κ2) is 4.94. The highest BCUT2D eigenvalue weighted by molar-refractivity contribution is 4.94. The minimum absolute atomic E-state index is 0.286. The Morgan fingerprint density at radius 3 is 2.15 bits per heavy atom. The molecule has 1 fully saturated rings. The zero-order chi connectivity index (χ0) is 9.73. The molecule has 1 saturated heterocycles. The molecule has 3 heteroatoms. The highest BCUT2D eigenvalue weighted by Crippen LogP contribution is 2.24. The number of hydrogen-bond donors (Lipinski definition) is 2. The SMILES string of the molecule is CCN(CC)C1(CN)CCNCC1. The molecule has 0 atom stereocenters. The Morgan fingerprint density at radius 2 is 1.77 bits per heavy atom.